The highest BCUT2D eigenvalue weighted by molar-refractivity contribution is 5.82. The number of amides is 2. The molecule has 0 heterocycles. The van der Waals surface area contributed by atoms with Gasteiger partial charge in [0.1, 0.15) is 5.75 Å². The van der Waals surface area contributed by atoms with Gasteiger partial charge in [-0.2, -0.15) is 0 Å². The van der Waals surface area contributed by atoms with Crippen molar-refractivity contribution in [3.63, 3.8) is 0 Å². The third kappa shape index (κ3) is 7.13. The lowest BCUT2D eigenvalue weighted by Crippen LogP contribution is -2.43. The molecule has 0 unspecified atom stereocenters. The van der Waals surface area contributed by atoms with Crippen molar-refractivity contribution in [2.45, 2.75) is 45.4 Å². The van der Waals surface area contributed by atoms with E-state index in [0.717, 1.165) is 12.0 Å². The van der Waals surface area contributed by atoms with Crippen LogP contribution in [0.2, 0.25) is 0 Å². The van der Waals surface area contributed by atoms with Crippen molar-refractivity contribution in [3.8, 4) is 5.75 Å². The molecule has 1 aromatic rings. The predicted octanol–water partition coefficient (Wildman–Crippen LogP) is 1.98. The van der Waals surface area contributed by atoms with Gasteiger partial charge in [-0.3, -0.25) is 25.2 Å². The Morgan fingerprint density at radius 3 is 2.46 bits per heavy atom. The summed E-state index contributed by atoms with van der Waals surface area (Å²) in [6, 6.07) is 7.53. The zero-order valence-electron chi connectivity index (χ0n) is 14.0. The predicted molar refractivity (Wildman–Crippen MR) is 88.4 cm³/mol. The summed E-state index contributed by atoms with van der Waals surface area (Å²) in [6.45, 7) is 3.94. The average Bonchev–Trinajstić information content (AvgIpc) is 2.57. The van der Waals surface area contributed by atoms with Gasteiger partial charge in [0.15, 0.2) is 6.61 Å². The molecule has 0 saturated heterocycles. The van der Waals surface area contributed by atoms with Crippen LogP contribution in [-0.2, 0) is 14.4 Å². The Hall–Kier alpha value is -2.57. The maximum absolute atomic E-state index is 11.7. The van der Waals surface area contributed by atoms with Crippen LogP contribution in [0.25, 0.3) is 0 Å². The number of para-hydroxylation sites is 1. The van der Waals surface area contributed by atoms with E-state index >= 15 is 0 Å². The minimum absolute atomic E-state index is 0.0320. The van der Waals surface area contributed by atoms with Gasteiger partial charge in [0.25, 0.3) is 5.91 Å². The standard InChI is InChI=1S/C17H24N2O5/c1-3-12(2)13-7-4-5-8-14(13)24-11-16(21)19-18-15(20)9-6-10-17(22)23/h4-5,7-8,12H,3,6,9-11H2,1-2H3,(H,18,20)(H,19,21)(H,22,23)/t12-/m1/s1. The third-order valence-corrected chi connectivity index (χ3v) is 3.56. The number of hydrogen-bond donors (Lipinski definition) is 3. The van der Waals surface area contributed by atoms with Crippen molar-refractivity contribution in [3.05, 3.63) is 29.8 Å². The molecule has 2 amide bonds. The van der Waals surface area contributed by atoms with Crippen LogP contribution >= 0.6 is 0 Å². The number of rotatable bonds is 9. The molecule has 0 radical (unpaired) electrons. The summed E-state index contributed by atoms with van der Waals surface area (Å²) in [6.07, 6.45) is 1.12. The Bertz CT molecular complexity index is 574. The molecule has 0 aliphatic heterocycles. The Morgan fingerprint density at radius 2 is 1.79 bits per heavy atom. The Kier molecular flexibility index (Phi) is 8.32. The first-order chi connectivity index (χ1) is 11.4. The molecule has 7 heteroatoms. The molecule has 1 atom stereocenters. The van der Waals surface area contributed by atoms with Crippen molar-refractivity contribution in [2.75, 3.05) is 6.61 Å². The van der Waals surface area contributed by atoms with Gasteiger partial charge in [0, 0.05) is 12.8 Å². The fourth-order valence-corrected chi connectivity index (χ4v) is 2.02. The van der Waals surface area contributed by atoms with E-state index in [1.165, 1.54) is 0 Å². The normalized spacial score (nSPS) is 11.4. The molecule has 1 aromatic carbocycles. The summed E-state index contributed by atoms with van der Waals surface area (Å²) < 4.78 is 5.53. The molecule has 0 fully saturated rings. The highest BCUT2D eigenvalue weighted by Gasteiger charge is 2.11. The van der Waals surface area contributed by atoms with Crippen LogP contribution < -0.4 is 15.6 Å². The minimum atomic E-state index is -0.958. The van der Waals surface area contributed by atoms with Gasteiger partial charge in [-0.25, -0.2) is 0 Å². The van der Waals surface area contributed by atoms with Gasteiger partial charge in [-0.15, -0.1) is 0 Å². The van der Waals surface area contributed by atoms with E-state index < -0.39 is 17.8 Å². The molecule has 0 bridgehead atoms. The van der Waals surface area contributed by atoms with E-state index in [0.29, 0.717) is 11.7 Å². The smallest absolute Gasteiger partial charge is 0.303 e. The molecular weight excluding hydrogens is 312 g/mol. The monoisotopic (exact) mass is 336 g/mol. The SMILES string of the molecule is CC[C@@H](C)c1ccccc1OCC(=O)NNC(=O)CCCC(=O)O. The van der Waals surface area contributed by atoms with Crippen molar-refractivity contribution < 1.29 is 24.2 Å². The van der Waals surface area contributed by atoms with E-state index in [4.69, 9.17) is 9.84 Å². The average molecular weight is 336 g/mol. The Labute approximate surface area is 141 Å². The highest BCUT2D eigenvalue weighted by Crippen LogP contribution is 2.28. The van der Waals surface area contributed by atoms with Gasteiger partial charge >= 0.3 is 5.97 Å². The summed E-state index contributed by atoms with van der Waals surface area (Å²) in [7, 11) is 0. The molecule has 0 aliphatic carbocycles. The van der Waals surface area contributed by atoms with Crippen molar-refractivity contribution >= 4 is 17.8 Å². The Balaban J connectivity index is 2.36. The van der Waals surface area contributed by atoms with Crippen molar-refractivity contribution in [1.82, 2.24) is 10.9 Å². The lowest BCUT2D eigenvalue weighted by molar-refractivity contribution is -0.137. The maximum atomic E-state index is 11.7. The number of hydrogen-bond acceptors (Lipinski definition) is 4. The van der Waals surface area contributed by atoms with Crippen LogP contribution in [0.3, 0.4) is 0 Å². The molecule has 132 valence electrons. The molecule has 7 nitrogen and oxygen atoms in total. The summed E-state index contributed by atoms with van der Waals surface area (Å²) >= 11 is 0. The number of carboxylic acids is 1. The molecule has 0 saturated carbocycles. The minimum Gasteiger partial charge on any atom is -0.483 e. The van der Waals surface area contributed by atoms with E-state index in [9.17, 15) is 14.4 Å². The number of carbonyl (C=O) groups is 3. The second-order valence-electron chi connectivity index (χ2n) is 5.48. The second kappa shape index (κ2) is 10.3. The van der Waals surface area contributed by atoms with E-state index in [2.05, 4.69) is 24.7 Å². The lowest BCUT2D eigenvalue weighted by Gasteiger charge is -2.15. The topological polar surface area (TPSA) is 105 Å². The van der Waals surface area contributed by atoms with Gasteiger partial charge < -0.3 is 9.84 Å². The number of hydrazine groups is 1. The van der Waals surface area contributed by atoms with E-state index in [1.807, 2.05) is 18.2 Å². The first-order valence-electron chi connectivity index (χ1n) is 7.95. The molecule has 0 aliphatic rings. The van der Waals surface area contributed by atoms with Gasteiger partial charge in [0.05, 0.1) is 0 Å². The number of nitrogens with one attached hydrogen (secondary N) is 2. The van der Waals surface area contributed by atoms with Gasteiger partial charge in [0.2, 0.25) is 5.91 Å². The zero-order valence-corrected chi connectivity index (χ0v) is 14.0. The van der Waals surface area contributed by atoms with Crippen molar-refractivity contribution in [2.24, 2.45) is 0 Å². The summed E-state index contributed by atoms with van der Waals surface area (Å²) in [5, 5.41) is 8.48. The van der Waals surface area contributed by atoms with Crippen LogP contribution in [0.5, 0.6) is 5.75 Å². The first-order valence-corrected chi connectivity index (χ1v) is 7.95. The molecule has 3 N–H and O–H groups in total. The van der Waals surface area contributed by atoms with Gasteiger partial charge in [-0.1, -0.05) is 32.0 Å². The number of aliphatic carboxylic acids is 1. The summed E-state index contributed by atoms with van der Waals surface area (Å²) in [5.41, 5.74) is 5.51. The van der Waals surface area contributed by atoms with Crippen molar-refractivity contribution in [1.29, 1.82) is 0 Å². The molecule has 0 spiro atoms. The summed E-state index contributed by atoms with van der Waals surface area (Å²) in [4.78, 5) is 33.5. The fourth-order valence-electron chi connectivity index (χ4n) is 2.02. The van der Waals surface area contributed by atoms with Gasteiger partial charge in [-0.05, 0) is 30.4 Å². The number of ether oxygens (including phenoxy) is 1. The van der Waals surface area contributed by atoms with E-state index in [1.54, 1.807) is 6.07 Å². The molecule has 0 aromatic heterocycles. The van der Waals surface area contributed by atoms with E-state index in [-0.39, 0.29) is 25.9 Å². The maximum Gasteiger partial charge on any atom is 0.303 e. The summed E-state index contributed by atoms with van der Waals surface area (Å²) in [5.74, 6) is -0.918. The quantitative estimate of drug-likeness (QED) is 0.598. The zero-order chi connectivity index (χ0) is 17.9. The largest absolute Gasteiger partial charge is 0.483 e. The van der Waals surface area contributed by atoms with Crippen LogP contribution in [0.15, 0.2) is 24.3 Å². The van der Waals surface area contributed by atoms with Crippen LogP contribution in [-0.4, -0.2) is 29.5 Å². The first kappa shape index (κ1) is 19.5. The fraction of sp³-hybridized carbons (Fsp3) is 0.471. The van der Waals surface area contributed by atoms with Crippen LogP contribution in [0.4, 0.5) is 0 Å². The third-order valence-electron chi connectivity index (χ3n) is 3.56. The van der Waals surface area contributed by atoms with Crippen LogP contribution in [0.1, 0.15) is 51.0 Å². The van der Waals surface area contributed by atoms with Crippen LogP contribution in [0, 0.1) is 0 Å². The molecule has 1 rings (SSSR count). The molecule has 24 heavy (non-hydrogen) atoms. The number of carbonyl (C=O) groups excluding carboxylic acids is 2. The molecular formula is C17H24N2O5. The second-order valence-corrected chi connectivity index (χ2v) is 5.48. The number of benzene rings is 1. The lowest BCUT2D eigenvalue weighted by atomic mass is 9.98. The highest BCUT2D eigenvalue weighted by atomic mass is 16.5. The Morgan fingerprint density at radius 1 is 1.12 bits per heavy atom. The number of carboxylic acid groups (broad SMARTS) is 1.